The number of halogens is 1. The molecule has 2 aromatic heterocycles. The fraction of sp³-hybridized carbons (Fsp3) is 0.267. The van der Waals surface area contributed by atoms with E-state index in [1.165, 1.54) is 24.9 Å². The molecule has 0 bridgehead atoms. The average Bonchev–Trinajstić information content (AvgIpc) is 3.15. The Morgan fingerprint density at radius 1 is 1.30 bits per heavy atom. The molecule has 8 heteroatoms. The lowest BCUT2D eigenvalue weighted by molar-refractivity contribution is 0.386. The molecule has 0 saturated heterocycles. The van der Waals surface area contributed by atoms with Gasteiger partial charge in [-0.1, -0.05) is 17.8 Å². The highest BCUT2D eigenvalue weighted by atomic mass is 32.2. The van der Waals surface area contributed by atoms with Crippen molar-refractivity contribution in [2.24, 2.45) is 0 Å². The molecule has 2 heterocycles. The van der Waals surface area contributed by atoms with E-state index < -0.39 is 0 Å². The molecule has 0 atom stereocenters. The lowest BCUT2D eigenvalue weighted by Crippen LogP contribution is -2.03. The predicted molar refractivity (Wildman–Crippen MR) is 82.9 cm³/mol. The van der Waals surface area contributed by atoms with Gasteiger partial charge >= 0.3 is 0 Å². The second-order valence-electron chi connectivity index (χ2n) is 4.85. The molecule has 0 spiro atoms. The minimum atomic E-state index is -0.383. The van der Waals surface area contributed by atoms with Gasteiger partial charge < -0.3 is 9.15 Å². The van der Waals surface area contributed by atoms with E-state index in [4.69, 9.17) is 9.15 Å². The van der Waals surface area contributed by atoms with E-state index in [2.05, 4.69) is 15.3 Å². The third-order valence-corrected chi connectivity index (χ3v) is 4.13. The number of aryl methyl sites for hydroxylation is 1. The first kappa shape index (κ1) is 15.5. The molecule has 0 radical (unpaired) electrons. The summed E-state index contributed by atoms with van der Waals surface area (Å²) in [6.45, 7) is 2.39. The topological polar surface area (TPSA) is 66.0 Å². The molecule has 120 valence electrons. The Bertz CT molecular complexity index is 802. The number of methoxy groups -OCH3 is 1. The quantitative estimate of drug-likeness (QED) is 0.646. The zero-order valence-corrected chi connectivity index (χ0v) is 13.5. The summed E-state index contributed by atoms with van der Waals surface area (Å²) in [7, 11) is 1.44. The summed E-state index contributed by atoms with van der Waals surface area (Å²) in [5.41, 5.74) is 1.84. The van der Waals surface area contributed by atoms with Gasteiger partial charge in [0.05, 0.1) is 7.11 Å². The number of nitrogens with zero attached hydrogens (tertiary/aromatic N) is 4. The fourth-order valence-corrected chi connectivity index (χ4v) is 2.72. The maximum absolute atomic E-state index is 13.6. The van der Waals surface area contributed by atoms with Crippen molar-refractivity contribution in [3.63, 3.8) is 0 Å². The van der Waals surface area contributed by atoms with Crippen LogP contribution < -0.4 is 4.74 Å². The molecule has 0 N–H and O–H groups in total. The third kappa shape index (κ3) is 3.70. The Balaban J connectivity index is 1.61. The molecule has 1 aromatic carbocycles. The van der Waals surface area contributed by atoms with Gasteiger partial charge in [-0.3, -0.25) is 4.68 Å². The summed E-state index contributed by atoms with van der Waals surface area (Å²) in [6.07, 6.45) is 1.72. The predicted octanol–water partition coefficient (Wildman–Crippen LogP) is 3.06. The maximum Gasteiger partial charge on any atom is 0.276 e. The van der Waals surface area contributed by atoms with Crippen LogP contribution in [0.3, 0.4) is 0 Å². The van der Waals surface area contributed by atoms with Gasteiger partial charge in [0, 0.05) is 17.6 Å². The normalized spacial score (nSPS) is 10.9. The lowest BCUT2D eigenvalue weighted by Gasteiger charge is -2.03. The number of rotatable bonds is 6. The summed E-state index contributed by atoms with van der Waals surface area (Å²) in [5.74, 6) is 0.864. The van der Waals surface area contributed by atoms with E-state index in [0.29, 0.717) is 23.4 Å². The molecule has 6 nitrogen and oxygen atoms in total. The fourth-order valence-electron chi connectivity index (χ4n) is 2.00. The molecular formula is C15H15FN4O2S. The first-order chi connectivity index (χ1) is 11.2. The summed E-state index contributed by atoms with van der Waals surface area (Å²) in [4.78, 5) is 0. The van der Waals surface area contributed by atoms with Crippen LogP contribution in [-0.4, -0.2) is 27.1 Å². The highest BCUT2D eigenvalue weighted by molar-refractivity contribution is 7.98. The smallest absolute Gasteiger partial charge is 0.276 e. The number of hydrogen-bond acceptors (Lipinski definition) is 6. The first-order valence-corrected chi connectivity index (χ1v) is 7.90. The van der Waals surface area contributed by atoms with Crippen LogP contribution in [0.4, 0.5) is 4.39 Å². The lowest BCUT2D eigenvalue weighted by atomic mass is 10.2. The monoisotopic (exact) mass is 334 g/mol. The van der Waals surface area contributed by atoms with Gasteiger partial charge in [0.2, 0.25) is 5.89 Å². The number of hydrogen-bond donors (Lipinski definition) is 0. The standard InChI is InChI=1S/C15H15FN4O2S/c1-10-5-6-17-20(10)8-14-18-19-15(22-14)23-9-11-3-4-13(21-2)12(16)7-11/h3-7H,8-9H2,1-2H3. The second-order valence-corrected chi connectivity index (χ2v) is 5.78. The third-order valence-electron chi connectivity index (χ3n) is 3.24. The Morgan fingerprint density at radius 2 is 2.17 bits per heavy atom. The van der Waals surface area contributed by atoms with Crippen LogP contribution in [0.5, 0.6) is 5.75 Å². The van der Waals surface area contributed by atoms with Crippen molar-refractivity contribution in [3.8, 4) is 5.75 Å². The van der Waals surface area contributed by atoms with Gasteiger partial charge in [0.15, 0.2) is 11.6 Å². The number of aromatic nitrogens is 4. The van der Waals surface area contributed by atoms with E-state index in [0.717, 1.165) is 11.3 Å². The largest absolute Gasteiger partial charge is 0.494 e. The molecular weight excluding hydrogens is 319 g/mol. The van der Waals surface area contributed by atoms with E-state index in [1.54, 1.807) is 23.0 Å². The Hall–Kier alpha value is -2.35. The van der Waals surface area contributed by atoms with Crippen molar-refractivity contribution in [2.45, 2.75) is 24.4 Å². The molecule has 0 unspecified atom stereocenters. The van der Waals surface area contributed by atoms with Gasteiger partial charge in [0.1, 0.15) is 6.54 Å². The zero-order chi connectivity index (χ0) is 16.2. The maximum atomic E-state index is 13.6. The van der Waals surface area contributed by atoms with Crippen LogP contribution in [-0.2, 0) is 12.3 Å². The minimum Gasteiger partial charge on any atom is -0.494 e. The molecule has 0 fully saturated rings. The molecule has 3 aromatic rings. The molecule has 0 aliphatic carbocycles. The van der Waals surface area contributed by atoms with Crippen molar-refractivity contribution >= 4 is 11.8 Å². The molecule has 23 heavy (non-hydrogen) atoms. The molecule has 0 amide bonds. The number of benzene rings is 1. The molecule has 3 rings (SSSR count). The average molecular weight is 334 g/mol. The molecule has 0 aliphatic heterocycles. The van der Waals surface area contributed by atoms with Crippen molar-refractivity contribution in [3.05, 3.63) is 53.4 Å². The van der Waals surface area contributed by atoms with E-state index in [1.807, 2.05) is 13.0 Å². The number of ether oxygens (including phenoxy) is 1. The zero-order valence-electron chi connectivity index (χ0n) is 12.7. The SMILES string of the molecule is COc1ccc(CSc2nnc(Cn3nccc3C)o2)cc1F. The van der Waals surface area contributed by atoms with Crippen molar-refractivity contribution < 1.29 is 13.5 Å². The van der Waals surface area contributed by atoms with Gasteiger partial charge in [-0.2, -0.15) is 5.10 Å². The second kappa shape index (κ2) is 6.82. The minimum absolute atomic E-state index is 0.230. The Kier molecular flexibility index (Phi) is 4.61. The van der Waals surface area contributed by atoms with Crippen molar-refractivity contribution in [1.29, 1.82) is 0 Å². The van der Waals surface area contributed by atoms with E-state index >= 15 is 0 Å². The van der Waals surface area contributed by atoms with Crippen molar-refractivity contribution in [1.82, 2.24) is 20.0 Å². The van der Waals surface area contributed by atoms with Gasteiger partial charge in [-0.25, -0.2) is 4.39 Å². The molecule has 0 saturated carbocycles. The Morgan fingerprint density at radius 3 is 2.87 bits per heavy atom. The van der Waals surface area contributed by atoms with Crippen LogP contribution in [0.1, 0.15) is 17.1 Å². The van der Waals surface area contributed by atoms with E-state index in [-0.39, 0.29) is 11.6 Å². The van der Waals surface area contributed by atoms with Crippen LogP contribution >= 0.6 is 11.8 Å². The summed E-state index contributed by atoms with van der Waals surface area (Å²) in [5, 5.41) is 12.6. The van der Waals surface area contributed by atoms with E-state index in [9.17, 15) is 4.39 Å². The first-order valence-electron chi connectivity index (χ1n) is 6.91. The summed E-state index contributed by atoms with van der Waals surface area (Å²) >= 11 is 1.36. The van der Waals surface area contributed by atoms with Crippen LogP contribution in [0.15, 0.2) is 40.1 Å². The summed E-state index contributed by atoms with van der Waals surface area (Å²) < 4.78 is 25.9. The molecule has 0 aliphatic rings. The summed E-state index contributed by atoms with van der Waals surface area (Å²) in [6, 6.07) is 6.75. The Labute approximate surface area is 136 Å². The highest BCUT2D eigenvalue weighted by Gasteiger charge is 2.10. The van der Waals surface area contributed by atoms with Gasteiger partial charge in [0.25, 0.3) is 5.22 Å². The van der Waals surface area contributed by atoms with Crippen molar-refractivity contribution in [2.75, 3.05) is 7.11 Å². The van der Waals surface area contributed by atoms with Gasteiger partial charge in [-0.05, 0) is 30.7 Å². The van der Waals surface area contributed by atoms with Crippen LogP contribution in [0.2, 0.25) is 0 Å². The highest BCUT2D eigenvalue weighted by Crippen LogP contribution is 2.24. The van der Waals surface area contributed by atoms with Crippen LogP contribution in [0.25, 0.3) is 0 Å². The number of thioether (sulfide) groups is 1. The van der Waals surface area contributed by atoms with Crippen LogP contribution in [0, 0.1) is 12.7 Å². The van der Waals surface area contributed by atoms with Gasteiger partial charge in [-0.15, -0.1) is 10.2 Å².